The maximum atomic E-state index is 12.3. The Morgan fingerprint density at radius 3 is 2.60 bits per heavy atom. The van der Waals surface area contributed by atoms with Crippen molar-refractivity contribution in [2.24, 2.45) is 0 Å². The summed E-state index contributed by atoms with van der Waals surface area (Å²) in [5.41, 5.74) is 0. The van der Waals surface area contributed by atoms with Crippen molar-refractivity contribution in [2.75, 3.05) is 33.3 Å². The molecular formula is C17H27N3O4S. The Hall–Kier alpha value is -1.03. The van der Waals surface area contributed by atoms with E-state index in [2.05, 4.69) is 22.0 Å². The minimum absolute atomic E-state index is 0.0595. The number of rotatable bonds is 6. The van der Waals surface area contributed by atoms with Gasteiger partial charge in [-0.1, -0.05) is 18.2 Å². The molecule has 0 bridgehead atoms. The Morgan fingerprint density at radius 2 is 1.92 bits per heavy atom. The summed E-state index contributed by atoms with van der Waals surface area (Å²) >= 11 is 0. The molecule has 25 heavy (non-hydrogen) atoms. The summed E-state index contributed by atoms with van der Waals surface area (Å²) in [4.78, 5) is 2.50. The van der Waals surface area contributed by atoms with Crippen LogP contribution in [0, 0.1) is 0 Å². The summed E-state index contributed by atoms with van der Waals surface area (Å²) in [5.74, 6) is 0. The zero-order chi connectivity index (χ0) is 17.9. The molecule has 7 nitrogen and oxygen atoms in total. The zero-order valence-corrected chi connectivity index (χ0v) is 15.3. The van der Waals surface area contributed by atoms with Crippen LogP contribution in [0.2, 0.25) is 0 Å². The molecule has 0 unspecified atom stereocenters. The van der Waals surface area contributed by atoms with E-state index < -0.39 is 22.2 Å². The van der Waals surface area contributed by atoms with E-state index in [9.17, 15) is 13.5 Å². The second kappa shape index (κ2) is 8.11. The van der Waals surface area contributed by atoms with E-state index in [-0.39, 0.29) is 17.5 Å². The number of hydrogen-bond donors (Lipinski definition) is 3. The van der Waals surface area contributed by atoms with E-state index in [1.165, 1.54) is 0 Å². The van der Waals surface area contributed by atoms with E-state index in [0.717, 1.165) is 25.9 Å². The molecule has 1 aromatic carbocycles. The van der Waals surface area contributed by atoms with Crippen LogP contribution in [-0.2, 0) is 14.8 Å². The fourth-order valence-electron chi connectivity index (χ4n) is 3.36. The van der Waals surface area contributed by atoms with E-state index in [1.807, 2.05) is 0 Å². The molecule has 0 amide bonds. The third kappa shape index (κ3) is 4.78. The third-order valence-electron chi connectivity index (χ3n) is 4.98. The van der Waals surface area contributed by atoms with Gasteiger partial charge in [-0.2, -0.15) is 0 Å². The number of nitrogens with one attached hydrogen (secondary N) is 2. The Balaban J connectivity index is 1.50. The summed E-state index contributed by atoms with van der Waals surface area (Å²) in [7, 11) is -1.48. The first-order chi connectivity index (χ1) is 12.0. The molecule has 2 aliphatic heterocycles. The highest BCUT2D eigenvalue weighted by Crippen LogP contribution is 2.18. The quantitative estimate of drug-likeness (QED) is 0.642. The number of ether oxygens (including phenoxy) is 1. The van der Waals surface area contributed by atoms with Crippen molar-refractivity contribution >= 4 is 10.0 Å². The largest absolute Gasteiger partial charge is 0.389 e. The van der Waals surface area contributed by atoms with Crippen molar-refractivity contribution in [3.63, 3.8) is 0 Å². The fourth-order valence-corrected chi connectivity index (χ4v) is 4.43. The van der Waals surface area contributed by atoms with Gasteiger partial charge in [0.1, 0.15) is 0 Å². The number of hydrogen-bond acceptors (Lipinski definition) is 6. The average Bonchev–Trinajstić information content (AvgIpc) is 2.96. The molecule has 3 N–H and O–H groups in total. The smallest absolute Gasteiger partial charge is 0.240 e. The Labute approximate surface area is 149 Å². The number of nitrogens with zero attached hydrogens (tertiary/aromatic N) is 1. The first kappa shape index (κ1) is 18.8. The van der Waals surface area contributed by atoms with Gasteiger partial charge in [0, 0.05) is 12.6 Å². The molecule has 2 fully saturated rings. The van der Waals surface area contributed by atoms with E-state index >= 15 is 0 Å². The van der Waals surface area contributed by atoms with Crippen LogP contribution in [0.3, 0.4) is 0 Å². The van der Waals surface area contributed by atoms with Gasteiger partial charge in [-0.3, -0.25) is 0 Å². The third-order valence-corrected chi connectivity index (χ3v) is 6.42. The fraction of sp³-hybridized carbons (Fsp3) is 0.647. The van der Waals surface area contributed by atoms with Crippen molar-refractivity contribution in [1.82, 2.24) is 14.9 Å². The maximum Gasteiger partial charge on any atom is 0.240 e. The lowest BCUT2D eigenvalue weighted by Crippen LogP contribution is -2.51. The van der Waals surface area contributed by atoms with E-state index in [4.69, 9.17) is 4.74 Å². The molecule has 140 valence electrons. The second-order valence-electron chi connectivity index (χ2n) is 6.88. The molecule has 0 radical (unpaired) electrons. The van der Waals surface area contributed by atoms with E-state index in [0.29, 0.717) is 12.6 Å². The highest BCUT2D eigenvalue weighted by molar-refractivity contribution is 7.89. The molecule has 2 saturated heterocycles. The SMILES string of the molecule is CN1CCC(N[C@@H]2CO[C@H](CNS(=O)(=O)c3ccccc3)[C@H]2O)CC1. The molecule has 0 saturated carbocycles. The molecule has 0 aliphatic carbocycles. The van der Waals surface area contributed by atoms with Crippen LogP contribution in [0.25, 0.3) is 0 Å². The van der Waals surface area contributed by atoms with Gasteiger partial charge in [0.25, 0.3) is 0 Å². The monoisotopic (exact) mass is 369 g/mol. The summed E-state index contributed by atoms with van der Waals surface area (Å²) in [6.45, 7) is 2.54. The Bertz CT molecular complexity index is 647. The molecule has 2 heterocycles. The predicted molar refractivity (Wildman–Crippen MR) is 94.8 cm³/mol. The summed E-state index contributed by atoms with van der Waals surface area (Å²) in [6.07, 6.45) is 0.830. The topological polar surface area (TPSA) is 90.9 Å². The van der Waals surface area contributed by atoms with Crippen LogP contribution in [0.15, 0.2) is 35.2 Å². The molecule has 0 spiro atoms. The molecule has 3 rings (SSSR count). The lowest BCUT2D eigenvalue weighted by atomic mass is 10.0. The van der Waals surface area contributed by atoms with Gasteiger partial charge in [0.15, 0.2) is 0 Å². The molecular weight excluding hydrogens is 342 g/mol. The van der Waals surface area contributed by atoms with Crippen LogP contribution in [0.5, 0.6) is 0 Å². The first-order valence-corrected chi connectivity index (χ1v) is 10.2. The van der Waals surface area contributed by atoms with Crippen LogP contribution < -0.4 is 10.0 Å². The summed E-state index contributed by atoms with van der Waals surface area (Å²) in [5, 5.41) is 13.9. The standard InChI is InChI=1S/C17H27N3O4S/c1-20-9-7-13(8-10-20)19-15-12-24-16(17(15)21)11-18-25(22,23)14-5-3-2-4-6-14/h2-6,13,15-19,21H,7-12H2,1H3/t15-,16-,17+/m1/s1. The van der Waals surface area contributed by atoms with Gasteiger partial charge in [0.05, 0.1) is 29.8 Å². The van der Waals surface area contributed by atoms with Crippen molar-refractivity contribution in [2.45, 2.75) is 42.0 Å². The van der Waals surface area contributed by atoms with Gasteiger partial charge < -0.3 is 20.1 Å². The van der Waals surface area contributed by atoms with Crippen LogP contribution in [0.4, 0.5) is 0 Å². The lowest BCUT2D eigenvalue weighted by molar-refractivity contribution is 0.0437. The number of aliphatic hydroxyl groups excluding tert-OH is 1. The number of benzene rings is 1. The summed E-state index contributed by atoms with van der Waals surface area (Å²) < 4.78 is 32.7. The van der Waals surface area contributed by atoms with Crippen molar-refractivity contribution in [1.29, 1.82) is 0 Å². The normalized spacial score (nSPS) is 29.1. The maximum absolute atomic E-state index is 12.3. The average molecular weight is 369 g/mol. The van der Waals surface area contributed by atoms with Crippen LogP contribution >= 0.6 is 0 Å². The first-order valence-electron chi connectivity index (χ1n) is 8.75. The van der Waals surface area contributed by atoms with Gasteiger partial charge in [0.2, 0.25) is 10.0 Å². The van der Waals surface area contributed by atoms with E-state index in [1.54, 1.807) is 30.3 Å². The highest BCUT2D eigenvalue weighted by Gasteiger charge is 2.37. The Morgan fingerprint density at radius 1 is 1.24 bits per heavy atom. The van der Waals surface area contributed by atoms with Crippen LogP contribution in [-0.4, -0.2) is 76.0 Å². The van der Waals surface area contributed by atoms with Gasteiger partial charge in [-0.25, -0.2) is 13.1 Å². The minimum atomic E-state index is -3.59. The minimum Gasteiger partial charge on any atom is -0.389 e. The molecule has 2 aliphatic rings. The molecule has 0 aromatic heterocycles. The molecule has 3 atom stereocenters. The zero-order valence-electron chi connectivity index (χ0n) is 14.5. The lowest BCUT2D eigenvalue weighted by Gasteiger charge is -2.32. The van der Waals surface area contributed by atoms with Gasteiger partial charge in [-0.15, -0.1) is 0 Å². The summed E-state index contributed by atoms with van der Waals surface area (Å²) in [6, 6.07) is 8.42. The number of likely N-dealkylation sites (tertiary alicyclic amines) is 1. The van der Waals surface area contributed by atoms with Crippen molar-refractivity contribution < 1.29 is 18.3 Å². The van der Waals surface area contributed by atoms with Gasteiger partial charge >= 0.3 is 0 Å². The highest BCUT2D eigenvalue weighted by atomic mass is 32.2. The number of piperidine rings is 1. The number of sulfonamides is 1. The van der Waals surface area contributed by atoms with Gasteiger partial charge in [-0.05, 0) is 45.1 Å². The molecule has 8 heteroatoms. The molecule has 1 aromatic rings. The Kier molecular flexibility index (Phi) is 6.08. The van der Waals surface area contributed by atoms with Crippen LogP contribution in [0.1, 0.15) is 12.8 Å². The number of aliphatic hydroxyl groups is 1. The van der Waals surface area contributed by atoms with Crippen molar-refractivity contribution in [3.05, 3.63) is 30.3 Å². The van der Waals surface area contributed by atoms with Crippen molar-refractivity contribution in [3.8, 4) is 0 Å². The second-order valence-corrected chi connectivity index (χ2v) is 8.64. The predicted octanol–water partition coefficient (Wildman–Crippen LogP) is -0.223.